The molecule has 1 unspecified atom stereocenters. The molecule has 0 aliphatic carbocycles. The van der Waals surface area contributed by atoms with Gasteiger partial charge in [-0.2, -0.15) is 0 Å². The van der Waals surface area contributed by atoms with E-state index in [2.05, 4.69) is 29.8 Å². The molecule has 0 aromatic rings. The molecule has 2 heteroatoms. The smallest absolute Gasteiger partial charge is 0.220 e. The van der Waals surface area contributed by atoms with Crippen molar-refractivity contribution in [3.63, 3.8) is 0 Å². The first kappa shape index (κ1) is 9.89. The van der Waals surface area contributed by atoms with Crippen LogP contribution in [0.4, 0.5) is 0 Å². The lowest BCUT2D eigenvalue weighted by Gasteiger charge is -2.00. The number of hydrogen-bond acceptors (Lipinski definition) is 1. The summed E-state index contributed by atoms with van der Waals surface area (Å²) >= 11 is 2.82. The van der Waals surface area contributed by atoms with Crippen molar-refractivity contribution < 1.29 is 4.79 Å². The summed E-state index contributed by atoms with van der Waals surface area (Å²) < 4.78 is -0.0456. The average molecular weight is 205 g/mol. The van der Waals surface area contributed by atoms with Crippen LogP contribution in [0, 0.1) is 5.92 Å². The van der Waals surface area contributed by atoms with Crippen LogP contribution in [-0.4, -0.2) is 4.69 Å². The number of hydrogen-bond donors (Lipinski definition) is 0. The van der Waals surface area contributed by atoms with Crippen molar-refractivity contribution in [1.82, 2.24) is 0 Å². The molecule has 0 spiro atoms. The van der Waals surface area contributed by atoms with Gasteiger partial charge in [0.2, 0.25) is 4.69 Å². The highest BCUT2D eigenvalue weighted by Crippen LogP contribution is 2.06. The molecule has 0 fully saturated rings. The average Bonchev–Trinajstić information content (AvgIpc) is 1.87. The fourth-order valence-corrected chi connectivity index (χ4v) is 0.747. The SMILES string of the molecule is CCC(C)C/C=C\C(=O)Br. The topological polar surface area (TPSA) is 17.1 Å². The number of allylic oxidation sites excluding steroid dienone is 2. The molecule has 1 nitrogen and oxygen atoms in total. The Hall–Kier alpha value is -0.110. The third-order valence-corrected chi connectivity index (χ3v) is 1.75. The molecule has 0 N–H and O–H groups in total. The molecule has 0 aromatic carbocycles. The summed E-state index contributed by atoms with van der Waals surface area (Å²) in [6.07, 6.45) is 5.63. The summed E-state index contributed by atoms with van der Waals surface area (Å²) in [5, 5.41) is 0. The van der Waals surface area contributed by atoms with Crippen LogP contribution < -0.4 is 0 Å². The maximum absolute atomic E-state index is 10.3. The molecule has 0 saturated heterocycles. The highest BCUT2D eigenvalue weighted by atomic mass is 79.9. The maximum atomic E-state index is 10.3. The molecule has 0 rings (SSSR count). The zero-order valence-electron chi connectivity index (χ0n) is 6.43. The zero-order valence-corrected chi connectivity index (χ0v) is 8.02. The van der Waals surface area contributed by atoms with Gasteiger partial charge in [-0.15, -0.1) is 0 Å². The van der Waals surface area contributed by atoms with Crippen molar-refractivity contribution in [2.75, 3.05) is 0 Å². The van der Waals surface area contributed by atoms with Crippen LogP contribution in [0.15, 0.2) is 12.2 Å². The Kier molecular flexibility index (Phi) is 5.60. The van der Waals surface area contributed by atoms with E-state index in [0.717, 1.165) is 6.42 Å². The summed E-state index contributed by atoms with van der Waals surface area (Å²) in [5.74, 6) is 0.683. The van der Waals surface area contributed by atoms with Crippen LogP contribution in [0.2, 0.25) is 0 Å². The molecule has 0 heterocycles. The van der Waals surface area contributed by atoms with Crippen molar-refractivity contribution in [1.29, 1.82) is 0 Å². The first-order chi connectivity index (χ1) is 4.66. The van der Waals surface area contributed by atoms with Crippen molar-refractivity contribution >= 4 is 20.6 Å². The van der Waals surface area contributed by atoms with Gasteiger partial charge in [0.1, 0.15) is 0 Å². The van der Waals surface area contributed by atoms with Gasteiger partial charge in [0.05, 0.1) is 0 Å². The first-order valence-corrected chi connectivity index (χ1v) is 4.32. The van der Waals surface area contributed by atoms with E-state index in [-0.39, 0.29) is 4.69 Å². The number of rotatable bonds is 4. The number of carbonyl (C=O) groups excluding carboxylic acids is 1. The normalized spacial score (nSPS) is 13.9. The summed E-state index contributed by atoms with van der Waals surface area (Å²) in [6.45, 7) is 4.32. The lowest BCUT2D eigenvalue weighted by molar-refractivity contribution is -0.106. The number of carbonyl (C=O) groups is 1. The Morgan fingerprint density at radius 2 is 2.30 bits per heavy atom. The minimum absolute atomic E-state index is 0.0456. The monoisotopic (exact) mass is 204 g/mol. The highest BCUT2D eigenvalue weighted by molar-refractivity contribution is 9.18. The van der Waals surface area contributed by atoms with Crippen LogP contribution in [-0.2, 0) is 4.79 Å². The van der Waals surface area contributed by atoms with Crippen molar-refractivity contribution in [2.24, 2.45) is 5.92 Å². The van der Waals surface area contributed by atoms with Gasteiger partial charge in [-0.25, -0.2) is 0 Å². The van der Waals surface area contributed by atoms with Crippen LogP contribution in [0.3, 0.4) is 0 Å². The Balaban J connectivity index is 3.43. The van der Waals surface area contributed by atoms with E-state index in [9.17, 15) is 4.79 Å². The molecule has 0 radical (unpaired) electrons. The molecular weight excluding hydrogens is 192 g/mol. The van der Waals surface area contributed by atoms with Crippen LogP contribution in [0.5, 0.6) is 0 Å². The van der Waals surface area contributed by atoms with Gasteiger partial charge >= 0.3 is 0 Å². The van der Waals surface area contributed by atoms with Gasteiger partial charge < -0.3 is 0 Å². The largest absolute Gasteiger partial charge is 0.282 e. The van der Waals surface area contributed by atoms with Gasteiger partial charge in [0.15, 0.2) is 0 Å². The molecular formula is C8H13BrO. The fraction of sp³-hybridized carbons (Fsp3) is 0.625. The van der Waals surface area contributed by atoms with E-state index in [1.54, 1.807) is 6.08 Å². The fourth-order valence-electron chi connectivity index (χ4n) is 0.560. The van der Waals surface area contributed by atoms with Gasteiger partial charge in [0.25, 0.3) is 0 Å². The molecule has 10 heavy (non-hydrogen) atoms. The van der Waals surface area contributed by atoms with Gasteiger partial charge in [-0.3, -0.25) is 4.79 Å². The Labute approximate surface area is 70.6 Å². The molecule has 0 bridgehead atoms. The molecule has 0 aliphatic heterocycles. The predicted octanol–water partition coefficient (Wildman–Crippen LogP) is 2.90. The minimum Gasteiger partial charge on any atom is -0.282 e. The summed E-state index contributed by atoms with van der Waals surface area (Å²) in [6, 6.07) is 0. The molecule has 0 amide bonds. The van der Waals surface area contributed by atoms with E-state index < -0.39 is 0 Å². The summed E-state index contributed by atoms with van der Waals surface area (Å²) in [4.78, 5) is 10.3. The van der Waals surface area contributed by atoms with Gasteiger partial charge in [0, 0.05) is 0 Å². The highest BCUT2D eigenvalue weighted by Gasteiger charge is 1.93. The second-order valence-corrected chi connectivity index (χ2v) is 3.24. The molecule has 0 aromatic heterocycles. The van der Waals surface area contributed by atoms with E-state index >= 15 is 0 Å². The van der Waals surface area contributed by atoms with Crippen molar-refractivity contribution in [2.45, 2.75) is 26.7 Å². The van der Waals surface area contributed by atoms with E-state index in [1.807, 2.05) is 6.08 Å². The Morgan fingerprint density at radius 1 is 1.70 bits per heavy atom. The summed E-state index contributed by atoms with van der Waals surface area (Å²) in [5.41, 5.74) is 0. The van der Waals surface area contributed by atoms with Gasteiger partial charge in [-0.05, 0) is 34.3 Å². The van der Waals surface area contributed by atoms with Crippen molar-refractivity contribution in [3.05, 3.63) is 12.2 Å². The third kappa shape index (κ3) is 6.02. The summed E-state index contributed by atoms with van der Waals surface area (Å²) in [7, 11) is 0. The lowest BCUT2D eigenvalue weighted by Crippen LogP contribution is -1.88. The Bertz CT molecular complexity index is 129. The molecule has 0 aliphatic rings. The maximum Gasteiger partial charge on any atom is 0.220 e. The molecule has 0 saturated carbocycles. The van der Waals surface area contributed by atoms with Crippen LogP contribution >= 0.6 is 15.9 Å². The predicted molar refractivity (Wildman–Crippen MR) is 47.1 cm³/mol. The van der Waals surface area contributed by atoms with E-state index in [1.165, 1.54) is 6.42 Å². The van der Waals surface area contributed by atoms with Crippen molar-refractivity contribution in [3.8, 4) is 0 Å². The first-order valence-electron chi connectivity index (χ1n) is 3.52. The van der Waals surface area contributed by atoms with Gasteiger partial charge in [-0.1, -0.05) is 26.3 Å². The van der Waals surface area contributed by atoms with Crippen LogP contribution in [0.1, 0.15) is 26.7 Å². The zero-order chi connectivity index (χ0) is 7.98. The van der Waals surface area contributed by atoms with E-state index in [4.69, 9.17) is 0 Å². The third-order valence-electron chi connectivity index (χ3n) is 1.48. The standard InChI is InChI=1S/C8H13BrO/c1-3-7(2)5-4-6-8(9)10/h4,6-7H,3,5H2,1-2H3/b6-4-. The lowest BCUT2D eigenvalue weighted by atomic mass is 10.1. The second-order valence-electron chi connectivity index (χ2n) is 2.46. The molecule has 58 valence electrons. The Morgan fingerprint density at radius 3 is 2.70 bits per heavy atom. The number of halogens is 1. The quantitative estimate of drug-likeness (QED) is 0.509. The second kappa shape index (κ2) is 5.66. The van der Waals surface area contributed by atoms with E-state index in [0.29, 0.717) is 5.92 Å². The minimum atomic E-state index is -0.0456. The molecule has 1 atom stereocenters. The van der Waals surface area contributed by atoms with Crippen LogP contribution in [0.25, 0.3) is 0 Å².